The number of carbonyl (C=O) groups is 1. The van der Waals surface area contributed by atoms with Crippen LogP contribution in [0.1, 0.15) is 5.56 Å². The second-order valence-corrected chi connectivity index (χ2v) is 4.91. The first-order valence-electron chi connectivity index (χ1n) is 6.19. The van der Waals surface area contributed by atoms with Gasteiger partial charge in [0, 0.05) is 5.69 Å². The lowest BCUT2D eigenvalue weighted by Crippen LogP contribution is -2.20. The molecule has 1 amide bonds. The molecule has 2 aromatic rings. The molecule has 0 aliphatic heterocycles. The molecule has 0 aliphatic rings. The van der Waals surface area contributed by atoms with E-state index in [1.54, 1.807) is 12.1 Å². The van der Waals surface area contributed by atoms with Crippen LogP contribution in [0.25, 0.3) is 0 Å². The Morgan fingerprint density at radius 2 is 2.10 bits per heavy atom. The maximum Gasteiger partial charge on any atom is 0.262 e. The summed E-state index contributed by atoms with van der Waals surface area (Å²) in [6.45, 7) is 1.69. The van der Waals surface area contributed by atoms with Crippen molar-refractivity contribution >= 4 is 28.9 Å². The molecule has 21 heavy (non-hydrogen) atoms. The molecule has 0 saturated heterocycles. The molecule has 0 bridgehead atoms. The number of halogens is 2. The Morgan fingerprint density at radius 3 is 2.81 bits per heavy atom. The third-order valence-electron chi connectivity index (χ3n) is 2.73. The van der Waals surface area contributed by atoms with Gasteiger partial charge in [0.25, 0.3) is 5.91 Å². The second kappa shape index (κ2) is 6.45. The fourth-order valence-electron chi connectivity index (χ4n) is 1.68. The van der Waals surface area contributed by atoms with Crippen molar-refractivity contribution in [2.45, 2.75) is 6.92 Å². The quantitative estimate of drug-likeness (QED) is 0.851. The van der Waals surface area contributed by atoms with Gasteiger partial charge in [-0.25, -0.2) is 4.39 Å². The Bertz CT molecular complexity index is 677. The number of ether oxygens (including phenoxy) is 1. The van der Waals surface area contributed by atoms with Crippen LogP contribution < -0.4 is 15.8 Å². The van der Waals surface area contributed by atoms with Crippen molar-refractivity contribution in [3.63, 3.8) is 0 Å². The average molecular weight is 309 g/mol. The predicted octanol–water partition coefficient (Wildman–Crippen LogP) is 3.39. The monoisotopic (exact) mass is 308 g/mol. The summed E-state index contributed by atoms with van der Waals surface area (Å²) in [5, 5.41) is 2.99. The molecule has 3 N–H and O–H groups in total. The fourth-order valence-corrected chi connectivity index (χ4v) is 1.86. The van der Waals surface area contributed by atoms with E-state index in [0.29, 0.717) is 16.5 Å². The Kier molecular flexibility index (Phi) is 4.65. The van der Waals surface area contributed by atoms with Gasteiger partial charge in [0.05, 0.1) is 10.7 Å². The zero-order valence-electron chi connectivity index (χ0n) is 11.3. The summed E-state index contributed by atoms with van der Waals surface area (Å²) >= 11 is 5.96. The number of hydrogen-bond acceptors (Lipinski definition) is 3. The summed E-state index contributed by atoms with van der Waals surface area (Å²) in [6.07, 6.45) is 0. The number of nitrogen functional groups attached to an aromatic ring is 1. The van der Waals surface area contributed by atoms with Gasteiger partial charge in [-0.15, -0.1) is 0 Å². The van der Waals surface area contributed by atoms with Gasteiger partial charge >= 0.3 is 0 Å². The van der Waals surface area contributed by atoms with E-state index in [1.807, 2.05) is 13.0 Å². The molecule has 0 atom stereocenters. The summed E-state index contributed by atoms with van der Waals surface area (Å²) in [5.74, 6) is -0.486. The van der Waals surface area contributed by atoms with Crippen molar-refractivity contribution in [1.82, 2.24) is 0 Å². The van der Waals surface area contributed by atoms with Crippen molar-refractivity contribution in [2.75, 3.05) is 17.7 Å². The van der Waals surface area contributed by atoms with Crippen molar-refractivity contribution in [3.8, 4) is 5.75 Å². The van der Waals surface area contributed by atoms with E-state index < -0.39 is 11.7 Å². The molecule has 0 aromatic heterocycles. The highest BCUT2D eigenvalue weighted by atomic mass is 35.5. The highest BCUT2D eigenvalue weighted by Gasteiger charge is 2.08. The Balaban J connectivity index is 1.95. The van der Waals surface area contributed by atoms with Crippen LogP contribution >= 0.6 is 11.6 Å². The van der Waals surface area contributed by atoms with E-state index in [-0.39, 0.29) is 12.3 Å². The van der Waals surface area contributed by atoms with E-state index in [4.69, 9.17) is 22.1 Å². The molecule has 2 rings (SSSR count). The molecule has 0 fully saturated rings. The van der Waals surface area contributed by atoms with Crippen LogP contribution in [-0.2, 0) is 4.79 Å². The summed E-state index contributed by atoms with van der Waals surface area (Å²) in [6, 6.07) is 9.23. The number of benzene rings is 2. The molecule has 0 saturated carbocycles. The van der Waals surface area contributed by atoms with Gasteiger partial charge in [0.1, 0.15) is 11.6 Å². The van der Waals surface area contributed by atoms with Gasteiger partial charge in [-0.1, -0.05) is 17.7 Å². The van der Waals surface area contributed by atoms with E-state index in [2.05, 4.69) is 5.32 Å². The van der Waals surface area contributed by atoms with Crippen LogP contribution in [0.5, 0.6) is 5.75 Å². The van der Waals surface area contributed by atoms with Crippen LogP contribution in [0, 0.1) is 12.7 Å². The molecule has 0 radical (unpaired) electrons. The third kappa shape index (κ3) is 4.10. The lowest BCUT2D eigenvalue weighted by atomic mass is 10.2. The molecule has 0 spiro atoms. The van der Waals surface area contributed by atoms with Crippen LogP contribution in [0.15, 0.2) is 36.4 Å². The second-order valence-electron chi connectivity index (χ2n) is 4.51. The zero-order chi connectivity index (χ0) is 15.4. The molecule has 0 heterocycles. The van der Waals surface area contributed by atoms with Crippen molar-refractivity contribution in [2.24, 2.45) is 0 Å². The SMILES string of the molecule is Cc1ccc(Cl)c(OCC(=O)Nc2ccc(F)c(N)c2)c1. The molecule has 110 valence electrons. The number of amides is 1. The molecule has 6 heteroatoms. The number of anilines is 2. The van der Waals surface area contributed by atoms with E-state index in [9.17, 15) is 9.18 Å². The van der Waals surface area contributed by atoms with E-state index in [1.165, 1.54) is 18.2 Å². The molecular formula is C15H14ClFN2O2. The zero-order valence-corrected chi connectivity index (χ0v) is 12.1. The van der Waals surface area contributed by atoms with Gasteiger partial charge in [0.15, 0.2) is 6.61 Å². The number of carbonyl (C=O) groups excluding carboxylic acids is 1. The normalized spacial score (nSPS) is 10.2. The Labute approximate surface area is 126 Å². The summed E-state index contributed by atoms with van der Waals surface area (Å²) in [4.78, 5) is 11.8. The van der Waals surface area contributed by atoms with E-state index in [0.717, 1.165) is 5.56 Å². The lowest BCUT2D eigenvalue weighted by Gasteiger charge is -2.10. The molecule has 2 aromatic carbocycles. The fraction of sp³-hybridized carbons (Fsp3) is 0.133. The first kappa shape index (κ1) is 15.1. The molecule has 0 unspecified atom stereocenters. The highest BCUT2D eigenvalue weighted by Crippen LogP contribution is 2.25. The van der Waals surface area contributed by atoms with Crippen LogP contribution in [0.4, 0.5) is 15.8 Å². The van der Waals surface area contributed by atoms with Gasteiger partial charge in [-0.3, -0.25) is 4.79 Å². The van der Waals surface area contributed by atoms with Gasteiger partial charge in [0.2, 0.25) is 0 Å². The van der Waals surface area contributed by atoms with Crippen molar-refractivity contribution in [3.05, 3.63) is 52.8 Å². The molecule has 4 nitrogen and oxygen atoms in total. The first-order valence-corrected chi connectivity index (χ1v) is 6.57. The average Bonchev–Trinajstić information content (AvgIpc) is 2.44. The summed E-state index contributed by atoms with van der Waals surface area (Å²) in [7, 11) is 0. The minimum atomic E-state index is -0.532. The third-order valence-corrected chi connectivity index (χ3v) is 3.04. The van der Waals surface area contributed by atoms with Gasteiger partial charge < -0.3 is 15.8 Å². The topological polar surface area (TPSA) is 64.3 Å². The Hall–Kier alpha value is -2.27. The molecule has 0 aliphatic carbocycles. The maximum atomic E-state index is 13.0. The summed E-state index contributed by atoms with van der Waals surface area (Å²) in [5.41, 5.74) is 6.76. The minimum Gasteiger partial charge on any atom is -0.482 e. The largest absolute Gasteiger partial charge is 0.482 e. The summed E-state index contributed by atoms with van der Waals surface area (Å²) < 4.78 is 18.4. The lowest BCUT2D eigenvalue weighted by molar-refractivity contribution is -0.118. The van der Waals surface area contributed by atoms with Crippen LogP contribution in [0.2, 0.25) is 5.02 Å². The number of hydrogen-bond donors (Lipinski definition) is 2. The standard InChI is InChI=1S/C15H14ClFN2O2/c1-9-2-4-11(16)14(6-9)21-8-15(20)19-10-3-5-12(17)13(18)7-10/h2-7H,8,18H2,1H3,(H,19,20). The van der Waals surface area contributed by atoms with Crippen LogP contribution in [-0.4, -0.2) is 12.5 Å². The highest BCUT2D eigenvalue weighted by molar-refractivity contribution is 6.32. The maximum absolute atomic E-state index is 13.0. The molecular weight excluding hydrogens is 295 g/mol. The number of nitrogens with one attached hydrogen (secondary N) is 1. The number of aryl methyl sites for hydroxylation is 1. The predicted molar refractivity (Wildman–Crippen MR) is 81.1 cm³/mol. The smallest absolute Gasteiger partial charge is 0.262 e. The van der Waals surface area contributed by atoms with E-state index >= 15 is 0 Å². The van der Waals surface area contributed by atoms with Gasteiger partial charge in [-0.2, -0.15) is 0 Å². The van der Waals surface area contributed by atoms with Crippen LogP contribution in [0.3, 0.4) is 0 Å². The van der Waals surface area contributed by atoms with Gasteiger partial charge in [-0.05, 0) is 42.8 Å². The first-order chi connectivity index (χ1) is 9.95. The Morgan fingerprint density at radius 1 is 1.33 bits per heavy atom. The number of nitrogens with two attached hydrogens (primary N) is 1. The van der Waals surface area contributed by atoms with Crippen molar-refractivity contribution < 1.29 is 13.9 Å². The number of rotatable bonds is 4. The minimum absolute atomic E-state index is 0.0320. The van der Waals surface area contributed by atoms with Crippen molar-refractivity contribution in [1.29, 1.82) is 0 Å².